The summed E-state index contributed by atoms with van der Waals surface area (Å²) in [5, 5.41) is 0.632. The van der Waals surface area contributed by atoms with E-state index in [1.807, 2.05) is 36.4 Å². The van der Waals surface area contributed by atoms with E-state index in [0.29, 0.717) is 10.8 Å². The van der Waals surface area contributed by atoms with Gasteiger partial charge >= 0.3 is 0 Å². The van der Waals surface area contributed by atoms with Gasteiger partial charge in [-0.05, 0) is 18.2 Å². The number of aromatic nitrogens is 1. The fourth-order valence-electron chi connectivity index (χ4n) is 1.50. The highest BCUT2D eigenvalue weighted by molar-refractivity contribution is 6.33. The zero-order chi connectivity index (χ0) is 12.3. The van der Waals surface area contributed by atoms with Crippen LogP contribution in [0.1, 0.15) is 0 Å². The molecule has 4 N–H and O–H groups in total. The van der Waals surface area contributed by atoms with E-state index in [1.165, 1.54) is 0 Å². The van der Waals surface area contributed by atoms with Gasteiger partial charge in [-0.3, -0.25) is 0 Å². The Morgan fingerprint density at radius 2 is 1.76 bits per heavy atom. The Labute approximate surface area is 104 Å². The maximum atomic E-state index is 6.13. The Kier molecular flexibility index (Phi) is 3.25. The van der Waals surface area contributed by atoms with E-state index in [1.54, 1.807) is 6.20 Å². The van der Waals surface area contributed by atoms with Crippen LogP contribution in [0.2, 0.25) is 5.02 Å². The molecule has 0 radical (unpaired) electrons. The van der Waals surface area contributed by atoms with E-state index >= 15 is 0 Å². The lowest BCUT2D eigenvalue weighted by atomic mass is 10.1. The highest BCUT2D eigenvalue weighted by Crippen LogP contribution is 2.32. The molecule has 0 bridgehead atoms. The van der Waals surface area contributed by atoms with Gasteiger partial charge in [-0.25, -0.2) is 4.98 Å². The van der Waals surface area contributed by atoms with Gasteiger partial charge in [0.1, 0.15) is 0 Å². The van der Waals surface area contributed by atoms with E-state index in [4.69, 9.17) is 23.1 Å². The first-order chi connectivity index (χ1) is 8.18. The summed E-state index contributed by atoms with van der Waals surface area (Å²) >= 11 is 6.13. The molecule has 5 heteroatoms. The molecule has 0 aliphatic carbocycles. The van der Waals surface area contributed by atoms with E-state index < -0.39 is 0 Å². The normalized spacial score (nSPS) is 9.94. The first-order valence-corrected chi connectivity index (χ1v) is 5.36. The van der Waals surface area contributed by atoms with Crippen molar-refractivity contribution in [2.45, 2.75) is 0 Å². The van der Waals surface area contributed by atoms with Gasteiger partial charge in [-0.1, -0.05) is 29.8 Å². The molecule has 1 heterocycles. The van der Waals surface area contributed by atoms with Crippen molar-refractivity contribution in [3.63, 3.8) is 0 Å². The van der Waals surface area contributed by atoms with Crippen molar-refractivity contribution in [1.82, 2.24) is 4.98 Å². The number of halogens is 1. The Morgan fingerprint density at radius 3 is 2.47 bits per heavy atom. The molecule has 0 amide bonds. The number of guanidine groups is 1. The predicted octanol–water partition coefficient (Wildman–Crippen LogP) is 2.31. The maximum Gasteiger partial charge on any atom is 0.192 e. The first-order valence-electron chi connectivity index (χ1n) is 4.98. The second-order valence-corrected chi connectivity index (χ2v) is 3.80. The minimum atomic E-state index is -0.0306. The fraction of sp³-hybridized carbons (Fsp3) is 0. The minimum absolute atomic E-state index is 0.0306. The van der Waals surface area contributed by atoms with E-state index in [9.17, 15) is 0 Å². The van der Waals surface area contributed by atoms with Crippen LogP contribution in [0.15, 0.2) is 47.6 Å². The molecule has 2 aromatic rings. The van der Waals surface area contributed by atoms with Crippen LogP contribution in [0.25, 0.3) is 11.1 Å². The number of nitrogens with two attached hydrogens (primary N) is 2. The zero-order valence-electron chi connectivity index (χ0n) is 8.97. The molecule has 0 unspecified atom stereocenters. The van der Waals surface area contributed by atoms with E-state index in [2.05, 4.69) is 9.98 Å². The quantitative estimate of drug-likeness (QED) is 0.631. The summed E-state index contributed by atoms with van der Waals surface area (Å²) in [6.07, 6.45) is 1.63. The van der Waals surface area contributed by atoms with Crippen molar-refractivity contribution >= 4 is 23.4 Å². The number of pyridine rings is 1. The molecule has 0 spiro atoms. The summed E-state index contributed by atoms with van der Waals surface area (Å²) in [4.78, 5) is 8.11. The van der Waals surface area contributed by atoms with Crippen molar-refractivity contribution in [2.24, 2.45) is 16.5 Å². The van der Waals surface area contributed by atoms with Gasteiger partial charge in [0.25, 0.3) is 0 Å². The van der Waals surface area contributed by atoms with E-state index in [-0.39, 0.29) is 5.96 Å². The maximum absolute atomic E-state index is 6.13. The number of hydrogen-bond donors (Lipinski definition) is 2. The van der Waals surface area contributed by atoms with Crippen molar-refractivity contribution in [2.75, 3.05) is 0 Å². The molecule has 0 aliphatic rings. The number of aliphatic imine (C=N–C) groups is 1. The molecule has 4 nitrogen and oxygen atoms in total. The summed E-state index contributed by atoms with van der Waals surface area (Å²) in [7, 11) is 0. The molecular formula is C12H11ClN4. The van der Waals surface area contributed by atoms with Crippen LogP contribution in [0.5, 0.6) is 0 Å². The average molecular weight is 247 g/mol. The molecule has 1 aromatic carbocycles. The SMILES string of the molecule is NC(N)=Nc1ncccc1-c1ccccc1Cl. The lowest BCUT2D eigenvalue weighted by Crippen LogP contribution is -2.22. The molecular weight excluding hydrogens is 236 g/mol. The molecule has 0 fully saturated rings. The highest BCUT2D eigenvalue weighted by Gasteiger charge is 2.08. The third-order valence-corrected chi connectivity index (χ3v) is 2.52. The summed E-state index contributed by atoms with van der Waals surface area (Å²) < 4.78 is 0. The van der Waals surface area contributed by atoms with Crippen LogP contribution in [-0.4, -0.2) is 10.9 Å². The first kappa shape index (κ1) is 11.4. The molecule has 0 saturated heterocycles. The number of nitrogens with zero attached hydrogens (tertiary/aromatic N) is 2. The van der Waals surface area contributed by atoms with Gasteiger partial charge in [-0.15, -0.1) is 0 Å². The molecule has 0 atom stereocenters. The van der Waals surface area contributed by atoms with Crippen molar-refractivity contribution < 1.29 is 0 Å². The van der Waals surface area contributed by atoms with E-state index in [0.717, 1.165) is 11.1 Å². The summed E-state index contributed by atoms with van der Waals surface area (Å²) in [5.74, 6) is 0.428. The Morgan fingerprint density at radius 1 is 1.06 bits per heavy atom. The lowest BCUT2D eigenvalue weighted by Gasteiger charge is -2.06. The standard InChI is InChI=1S/C12H11ClN4/c13-10-6-2-1-4-8(10)9-5-3-7-16-11(9)17-12(14)15/h1-7H,(H4,14,15,16,17). The van der Waals surface area contributed by atoms with Gasteiger partial charge in [0.2, 0.25) is 0 Å². The molecule has 0 aliphatic heterocycles. The van der Waals surface area contributed by atoms with Gasteiger partial charge < -0.3 is 11.5 Å². The third-order valence-electron chi connectivity index (χ3n) is 2.19. The van der Waals surface area contributed by atoms with Crippen molar-refractivity contribution in [1.29, 1.82) is 0 Å². The van der Waals surface area contributed by atoms with Gasteiger partial charge in [0, 0.05) is 22.3 Å². The highest BCUT2D eigenvalue weighted by atomic mass is 35.5. The molecule has 86 valence electrons. The van der Waals surface area contributed by atoms with Crippen LogP contribution in [0, 0.1) is 0 Å². The Bertz CT molecular complexity index is 562. The second-order valence-electron chi connectivity index (χ2n) is 3.39. The number of hydrogen-bond acceptors (Lipinski definition) is 2. The topological polar surface area (TPSA) is 77.3 Å². The third kappa shape index (κ3) is 2.54. The molecule has 1 aromatic heterocycles. The predicted molar refractivity (Wildman–Crippen MR) is 70.2 cm³/mol. The second kappa shape index (κ2) is 4.84. The van der Waals surface area contributed by atoms with Crippen LogP contribution >= 0.6 is 11.6 Å². The number of rotatable bonds is 2. The van der Waals surface area contributed by atoms with Gasteiger partial charge in [-0.2, -0.15) is 4.99 Å². The lowest BCUT2D eigenvalue weighted by molar-refractivity contribution is 1.26. The Balaban J connectivity index is 2.60. The summed E-state index contributed by atoms with van der Waals surface area (Å²) in [5.41, 5.74) is 12.4. The summed E-state index contributed by atoms with van der Waals surface area (Å²) in [6.45, 7) is 0. The minimum Gasteiger partial charge on any atom is -0.370 e. The molecule has 2 rings (SSSR count). The zero-order valence-corrected chi connectivity index (χ0v) is 9.72. The molecule has 17 heavy (non-hydrogen) atoms. The van der Waals surface area contributed by atoms with Crippen LogP contribution in [0.3, 0.4) is 0 Å². The number of benzene rings is 1. The van der Waals surface area contributed by atoms with Crippen LogP contribution in [0.4, 0.5) is 5.82 Å². The van der Waals surface area contributed by atoms with Crippen molar-refractivity contribution in [3.8, 4) is 11.1 Å². The van der Waals surface area contributed by atoms with Gasteiger partial charge in [0.05, 0.1) is 0 Å². The average Bonchev–Trinajstić information content (AvgIpc) is 2.30. The van der Waals surface area contributed by atoms with Crippen LogP contribution < -0.4 is 11.5 Å². The van der Waals surface area contributed by atoms with Gasteiger partial charge in [0.15, 0.2) is 11.8 Å². The fourth-order valence-corrected chi connectivity index (χ4v) is 1.74. The van der Waals surface area contributed by atoms with Crippen molar-refractivity contribution in [3.05, 3.63) is 47.6 Å². The molecule has 0 saturated carbocycles. The van der Waals surface area contributed by atoms with Crippen LogP contribution in [-0.2, 0) is 0 Å². The smallest absolute Gasteiger partial charge is 0.192 e. The summed E-state index contributed by atoms with van der Waals surface area (Å²) in [6, 6.07) is 11.1. The monoisotopic (exact) mass is 246 g/mol. The largest absolute Gasteiger partial charge is 0.370 e. The Hall–Kier alpha value is -2.07.